The number of nitriles is 1. The normalized spacial score (nSPS) is 9.88. The van der Waals surface area contributed by atoms with Crippen molar-refractivity contribution < 1.29 is 14.3 Å². The van der Waals surface area contributed by atoms with Crippen LogP contribution in [-0.2, 0) is 11.3 Å². The van der Waals surface area contributed by atoms with E-state index in [1.165, 1.54) is 0 Å². The van der Waals surface area contributed by atoms with Crippen molar-refractivity contribution in [3.05, 3.63) is 59.7 Å². The molecule has 0 aliphatic rings. The average molecular weight is 324 g/mol. The first kappa shape index (κ1) is 17.4. The number of para-hydroxylation sites is 1. The Labute approximate surface area is 142 Å². The lowest BCUT2D eigenvalue weighted by atomic mass is 10.2. The first-order chi connectivity index (χ1) is 11.7. The molecule has 0 N–H and O–H groups in total. The molecular weight excluding hydrogens is 304 g/mol. The predicted molar refractivity (Wildman–Crippen MR) is 90.7 cm³/mol. The number of hydrogen-bond donors (Lipinski definition) is 0. The number of hydrogen-bond acceptors (Lipinski definition) is 4. The molecule has 2 aromatic carbocycles. The van der Waals surface area contributed by atoms with Gasteiger partial charge in [-0.25, -0.2) is 0 Å². The number of likely N-dealkylation sites (N-methyl/N-ethyl adjacent to an activating group) is 1. The van der Waals surface area contributed by atoms with Crippen LogP contribution in [0.2, 0.25) is 0 Å². The fourth-order valence-electron chi connectivity index (χ4n) is 2.24. The summed E-state index contributed by atoms with van der Waals surface area (Å²) in [4.78, 5) is 14.1. The van der Waals surface area contributed by atoms with Gasteiger partial charge in [-0.3, -0.25) is 4.79 Å². The van der Waals surface area contributed by atoms with Crippen molar-refractivity contribution in [2.75, 3.05) is 20.3 Å². The zero-order valence-electron chi connectivity index (χ0n) is 13.9. The third-order valence-electron chi connectivity index (χ3n) is 3.63. The summed E-state index contributed by atoms with van der Waals surface area (Å²) >= 11 is 0. The van der Waals surface area contributed by atoms with Gasteiger partial charge in [0.2, 0.25) is 0 Å². The molecule has 24 heavy (non-hydrogen) atoms. The Balaban J connectivity index is 1.97. The van der Waals surface area contributed by atoms with Crippen LogP contribution < -0.4 is 9.47 Å². The SMILES string of the molecule is CCN(Cc1ccc(OC)cc1)C(=O)COc1ccccc1C#N. The Bertz CT molecular complexity index is 720. The lowest BCUT2D eigenvalue weighted by Crippen LogP contribution is -2.34. The van der Waals surface area contributed by atoms with Crippen LogP contribution in [0.15, 0.2) is 48.5 Å². The molecule has 0 unspecified atom stereocenters. The number of amides is 1. The summed E-state index contributed by atoms with van der Waals surface area (Å²) in [5.41, 5.74) is 1.44. The van der Waals surface area contributed by atoms with E-state index in [0.717, 1.165) is 11.3 Å². The molecule has 0 aliphatic carbocycles. The van der Waals surface area contributed by atoms with Crippen molar-refractivity contribution in [3.63, 3.8) is 0 Å². The molecular formula is C19H20N2O3. The van der Waals surface area contributed by atoms with Crippen LogP contribution in [0.4, 0.5) is 0 Å². The molecule has 0 aromatic heterocycles. The molecule has 0 saturated carbocycles. The second-order valence-corrected chi connectivity index (χ2v) is 5.15. The van der Waals surface area contributed by atoms with Gasteiger partial charge in [-0.05, 0) is 36.8 Å². The van der Waals surface area contributed by atoms with Gasteiger partial charge in [0, 0.05) is 13.1 Å². The Morgan fingerprint density at radius 3 is 2.50 bits per heavy atom. The van der Waals surface area contributed by atoms with Crippen molar-refractivity contribution in [3.8, 4) is 17.6 Å². The molecule has 1 amide bonds. The molecule has 0 radical (unpaired) electrons. The van der Waals surface area contributed by atoms with Crippen LogP contribution in [-0.4, -0.2) is 31.1 Å². The van der Waals surface area contributed by atoms with E-state index >= 15 is 0 Å². The van der Waals surface area contributed by atoms with Crippen molar-refractivity contribution in [1.29, 1.82) is 5.26 Å². The second kappa shape index (κ2) is 8.59. The van der Waals surface area contributed by atoms with Gasteiger partial charge in [0.25, 0.3) is 5.91 Å². The molecule has 0 atom stereocenters. The van der Waals surface area contributed by atoms with E-state index in [0.29, 0.717) is 24.4 Å². The summed E-state index contributed by atoms with van der Waals surface area (Å²) in [6, 6.07) is 16.5. The molecule has 0 spiro atoms. The maximum atomic E-state index is 12.4. The van der Waals surface area contributed by atoms with E-state index in [1.807, 2.05) is 31.2 Å². The number of rotatable bonds is 7. The largest absolute Gasteiger partial charge is 0.497 e. The minimum atomic E-state index is -0.124. The number of benzene rings is 2. The zero-order chi connectivity index (χ0) is 17.4. The fourth-order valence-corrected chi connectivity index (χ4v) is 2.24. The third kappa shape index (κ3) is 4.50. The quantitative estimate of drug-likeness (QED) is 0.785. The van der Waals surface area contributed by atoms with E-state index in [2.05, 4.69) is 6.07 Å². The minimum Gasteiger partial charge on any atom is -0.497 e. The van der Waals surface area contributed by atoms with E-state index in [1.54, 1.807) is 36.3 Å². The lowest BCUT2D eigenvalue weighted by Gasteiger charge is -2.21. The van der Waals surface area contributed by atoms with Crippen LogP contribution in [0.1, 0.15) is 18.1 Å². The third-order valence-corrected chi connectivity index (χ3v) is 3.63. The molecule has 0 heterocycles. The van der Waals surface area contributed by atoms with E-state index in [4.69, 9.17) is 14.7 Å². The van der Waals surface area contributed by atoms with Crippen LogP contribution in [0.3, 0.4) is 0 Å². The summed E-state index contributed by atoms with van der Waals surface area (Å²) in [7, 11) is 1.62. The average Bonchev–Trinajstić information content (AvgIpc) is 2.64. The lowest BCUT2D eigenvalue weighted by molar-refractivity contribution is -0.133. The van der Waals surface area contributed by atoms with Crippen molar-refractivity contribution in [2.24, 2.45) is 0 Å². The number of ether oxygens (including phenoxy) is 2. The molecule has 0 bridgehead atoms. The highest BCUT2D eigenvalue weighted by Gasteiger charge is 2.14. The number of carbonyl (C=O) groups excluding carboxylic acids is 1. The minimum absolute atomic E-state index is 0.0946. The molecule has 0 fully saturated rings. The highest BCUT2D eigenvalue weighted by atomic mass is 16.5. The number of carbonyl (C=O) groups is 1. The van der Waals surface area contributed by atoms with Gasteiger partial charge in [-0.2, -0.15) is 5.26 Å². The van der Waals surface area contributed by atoms with Gasteiger partial charge in [-0.1, -0.05) is 24.3 Å². The summed E-state index contributed by atoms with van der Waals surface area (Å²) in [6.45, 7) is 2.91. The van der Waals surface area contributed by atoms with Crippen molar-refractivity contribution in [2.45, 2.75) is 13.5 Å². The van der Waals surface area contributed by atoms with Gasteiger partial charge in [0.15, 0.2) is 6.61 Å². The van der Waals surface area contributed by atoms with Gasteiger partial charge >= 0.3 is 0 Å². The number of methoxy groups -OCH3 is 1. The van der Waals surface area contributed by atoms with E-state index in [9.17, 15) is 4.79 Å². The highest BCUT2D eigenvalue weighted by molar-refractivity contribution is 5.77. The molecule has 124 valence electrons. The Hall–Kier alpha value is -3.00. The van der Waals surface area contributed by atoms with Crippen LogP contribution in [0, 0.1) is 11.3 Å². The number of nitrogens with zero attached hydrogens (tertiary/aromatic N) is 2. The monoisotopic (exact) mass is 324 g/mol. The Morgan fingerprint density at radius 1 is 1.17 bits per heavy atom. The smallest absolute Gasteiger partial charge is 0.260 e. The van der Waals surface area contributed by atoms with E-state index in [-0.39, 0.29) is 12.5 Å². The van der Waals surface area contributed by atoms with Crippen molar-refractivity contribution in [1.82, 2.24) is 4.90 Å². The summed E-state index contributed by atoms with van der Waals surface area (Å²) < 4.78 is 10.6. The van der Waals surface area contributed by atoms with Crippen molar-refractivity contribution >= 4 is 5.91 Å². The molecule has 2 aromatic rings. The maximum absolute atomic E-state index is 12.4. The standard InChI is InChI=1S/C19H20N2O3/c1-3-21(13-15-8-10-17(23-2)11-9-15)19(22)14-24-18-7-5-4-6-16(18)12-20/h4-11H,3,13-14H2,1-2H3. The maximum Gasteiger partial charge on any atom is 0.260 e. The van der Waals surface area contributed by atoms with Crippen LogP contribution in [0.25, 0.3) is 0 Å². The van der Waals surface area contributed by atoms with Gasteiger partial charge in [-0.15, -0.1) is 0 Å². The van der Waals surface area contributed by atoms with Gasteiger partial charge in [0.05, 0.1) is 12.7 Å². The first-order valence-electron chi connectivity index (χ1n) is 7.70. The fraction of sp³-hybridized carbons (Fsp3) is 0.263. The van der Waals surface area contributed by atoms with Crippen LogP contribution in [0.5, 0.6) is 11.5 Å². The predicted octanol–water partition coefficient (Wildman–Crippen LogP) is 2.99. The van der Waals surface area contributed by atoms with Gasteiger partial charge < -0.3 is 14.4 Å². The van der Waals surface area contributed by atoms with Gasteiger partial charge in [0.1, 0.15) is 17.6 Å². The van der Waals surface area contributed by atoms with Crippen LogP contribution >= 0.6 is 0 Å². The summed E-state index contributed by atoms with van der Waals surface area (Å²) in [5, 5.41) is 9.04. The molecule has 0 saturated heterocycles. The molecule has 5 heteroatoms. The molecule has 2 rings (SSSR count). The zero-order valence-corrected chi connectivity index (χ0v) is 13.9. The topological polar surface area (TPSA) is 62.6 Å². The molecule has 0 aliphatic heterocycles. The summed E-state index contributed by atoms with van der Waals surface area (Å²) in [6.07, 6.45) is 0. The Morgan fingerprint density at radius 2 is 1.88 bits per heavy atom. The highest BCUT2D eigenvalue weighted by Crippen LogP contribution is 2.17. The first-order valence-corrected chi connectivity index (χ1v) is 7.70. The summed E-state index contributed by atoms with van der Waals surface area (Å²) in [5.74, 6) is 1.08. The Kier molecular flexibility index (Phi) is 6.21. The molecule has 5 nitrogen and oxygen atoms in total. The van der Waals surface area contributed by atoms with E-state index < -0.39 is 0 Å². The second-order valence-electron chi connectivity index (χ2n) is 5.15.